The Morgan fingerprint density at radius 2 is 1.89 bits per heavy atom. The van der Waals surface area contributed by atoms with Crippen LogP contribution >= 0.6 is 11.8 Å². The Kier molecular flexibility index (Phi) is 4.55. The molecule has 0 amide bonds. The van der Waals surface area contributed by atoms with Crippen molar-refractivity contribution in [3.05, 3.63) is 82.0 Å². The molecule has 0 N–H and O–H groups in total. The van der Waals surface area contributed by atoms with Crippen molar-refractivity contribution in [1.82, 2.24) is 4.98 Å². The third-order valence-corrected chi connectivity index (χ3v) is 5.85. The molecule has 0 saturated carbocycles. The zero-order valence-electron chi connectivity index (χ0n) is 15.2. The van der Waals surface area contributed by atoms with Crippen LogP contribution in [0.25, 0.3) is 11.1 Å². The maximum Gasteiger partial charge on any atom is 0.173 e. The van der Waals surface area contributed by atoms with E-state index >= 15 is 0 Å². The molecule has 1 aliphatic carbocycles. The van der Waals surface area contributed by atoms with Gasteiger partial charge in [0.2, 0.25) is 0 Å². The van der Waals surface area contributed by atoms with Crippen molar-refractivity contribution >= 4 is 17.5 Å². The van der Waals surface area contributed by atoms with Gasteiger partial charge >= 0.3 is 0 Å². The van der Waals surface area contributed by atoms with E-state index in [1.165, 1.54) is 34.0 Å². The van der Waals surface area contributed by atoms with E-state index in [0.717, 1.165) is 23.2 Å². The SMILES string of the molecule is Cc1cc(C)c(C#N)c(SCC(=O)c2ccc3c(c2)Cc2ccccc2-3)n1. The predicted molar refractivity (Wildman–Crippen MR) is 108 cm³/mol. The zero-order valence-corrected chi connectivity index (χ0v) is 16.1. The van der Waals surface area contributed by atoms with Crippen LogP contribution in [0.2, 0.25) is 0 Å². The topological polar surface area (TPSA) is 53.8 Å². The van der Waals surface area contributed by atoms with E-state index in [4.69, 9.17) is 0 Å². The number of carbonyl (C=O) groups is 1. The number of aromatic nitrogens is 1. The molecule has 1 aromatic heterocycles. The van der Waals surface area contributed by atoms with Crippen LogP contribution in [0, 0.1) is 25.2 Å². The Balaban J connectivity index is 1.54. The number of ketones is 1. The maximum atomic E-state index is 12.7. The molecular formula is C23H18N2OS. The van der Waals surface area contributed by atoms with E-state index in [1.54, 1.807) is 0 Å². The van der Waals surface area contributed by atoms with Gasteiger partial charge in [0.05, 0.1) is 11.3 Å². The number of fused-ring (bicyclic) bond motifs is 3. The maximum absolute atomic E-state index is 12.7. The average Bonchev–Trinajstić information content (AvgIpc) is 3.03. The van der Waals surface area contributed by atoms with Gasteiger partial charge in [0, 0.05) is 11.3 Å². The van der Waals surface area contributed by atoms with E-state index < -0.39 is 0 Å². The number of rotatable bonds is 4. The van der Waals surface area contributed by atoms with Crippen molar-refractivity contribution in [3.8, 4) is 17.2 Å². The van der Waals surface area contributed by atoms with Gasteiger partial charge in [-0.25, -0.2) is 4.98 Å². The van der Waals surface area contributed by atoms with Crippen LogP contribution in [0.1, 0.15) is 38.3 Å². The van der Waals surface area contributed by atoms with Gasteiger partial charge in [-0.05, 0) is 60.2 Å². The summed E-state index contributed by atoms with van der Waals surface area (Å²) in [4.78, 5) is 17.2. The number of aryl methyl sites for hydroxylation is 2. The molecule has 0 fully saturated rings. The van der Waals surface area contributed by atoms with Crippen molar-refractivity contribution < 1.29 is 4.79 Å². The summed E-state index contributed by atoms with van der Waals surface area (Å²) in [5, 5.41) is 10.0. The first-order chi connectivity index (χ1) is 13.1. The minimum atomic E-state index is 0.0589. The van der Waals surface area contributed by atoms with Gasteiger partial charge < -0.3 is 0 Å². The second kappa shape index (κ2) is 7.02. The standard InChI is InChI=1S/C23H18N2OS/c1-14-9-15(2)25-23(21(14)12-24)27-13-22(26)17-7-8-20-18(11-17)10-16-5-3-4-6-19(16)20/h3-9,11H,10,13H2,1-2H3. The first-order valence-corrected chi connectivity index (χ1v) is 9.81. The molecule has 0 atom stereocenters. The van der Waals surface area contributed by atoms with Crippen molar-refractivity contribution in [2.75, 3.05) is 5.75 Å². The fourth-order valence-corrected chi connectivity index (χ4v) is 4.57. The molecule has 1 aliphatic rings. The summed E-state index contributed by atoms with van der Waals surface area (Å²) in [6.07, 6.45) is 0.872. The molecule has 2 aromatic carbocycles. The Morgan fingerprint density at radius 3 is 2.70 bits per heavy atom. The molecule has 0 unspecified atom stereocenters. The monoisotopic (exact) mass is 370 g/mol. The number of Topliss-reactive ketones (excluding diaryl/α,β-unsaturated/α-hetero) is 1. The van der Waals surface area contributed by atoms with Gasteiger partial charge in [-0.2, -0.15) is 5.26 Å². The quantitative estimate of drug-likeness (QED) is 0.370. The lowest BCUT2D eigenvalue weighted by Gasteiger charge is -2.08. The molecule has 1 heterocycles. The summed E-state index contributed by atoms with van der Waals surface area (Å²) in [5.41, 5.74) is 8.03. The van der Waals surface area contributed by atoms with Crippen molar-refractivity contribution in [2.24, 2.45) is 0 Å². The van der Waals surface area contributed by atoms with E-state index in [1.807, 2.05) is 38.1 Å². The molecule has 3 aromatic rings. The van der Waals surface area contributed by atoms with Crippen LogP contribution in [0.3, 0.4) is 0 Å². The highest BCUT2D eigenvalue weighted by atomic mass is 32.2. The average molecular weight is 370 g/mol. The highest BCUT2D eigenvalue weighted by Gasteiger charge is 2.20. The zero-order chi connectivity index (χ0) is 19.0. The van der Waals surface area contributed by atoms with Gasteiger partial charge in [0.15, 0.2) is 5.78 Å². The van der Waals surface area contributed by atoms with Crippen LogP contribution in [-0.2, 0) is 6.42 Å². The number of thioether (sulfide) groups is 1. The molecule has 0 saturated heterocycles. The van der Waals surface area contributed by atoms with Crippen LogP contribution in [-0.4, -0.2) is 16.5 Å². The largest absolute Gasteiger partial charge is 0.293 e. The third-order valence-electron chi connectivity index (χ3n) is 4.88. The first-order valence-electron chi connectivity index (χ1n) is 8.82. The van der Waals surface area contributed by atoms with Crippen LogP contribution in [0.5, 0.6) is 0 Å². The molecule has 0 spiro atoms. The summed E-state index contributed by atoms with van der Waals surface area (Å²) in [6, 6.07) is 18.4. The fourth-order valence-electron chi connectivity index (χ4n) is 3.58. The molecular weight excluding hydrogens is 352 g/mol. The van der Waals surface area contributed by atoms with Gasteiger partial charge in [-0.1, -0.05) is 48.2 Å². The summed E-state index contributed by atoms with van der Waals surface area (Å²) in [5.74, 6) is 0.333. The molecule has 0 radical (unpaired) electrons. The number of benzene rings is 2. The summed E-state index contributed by atoms with van der Waals surface area (Å²) in [6.45, 7) is 3.80. The number of hydrogen-bond acceptors (Lipinski definition) is 4. The lowest BCUT2D eigenvalue weighted by molar-refractivity contribution is 0.102. The predicted octanol–water partition coefficient (Wildman–Crippen LogP) is 5.12. The molecule has 0 aliphatic heterocycles. The smallest absolute Gasteiger partial charge is 0.173 e. The molecule has 3 nitrogen and oxygen atoms in total. The Hall–Kier alpha value is -2.90. The Labute approximate surface area is 163 Å². The lowest BCUT2D eigenvalue weighted by atomic mass is 10.0. The first kappa shape index (κ1) is 17.5. The van der Waals surface area contributed by atoms with E-state index in [2.05, 4.69) is 35.3 Å². The lowest BCUT2D eigenvalue weighted by Crippen LogP contribution is -2.04. The van der Waals surface area contributed by atoms with Gasteiger partial charge in [0.25, 0.3) is 0 Å². The summed E-state index contributed by atoms with van der Waals surface area (Å²) >= 11 is 1.34. The molecule has 4 rings (SSSR count). The van der Waals surface area contributed by atoms with Crippen LogP contribution in [0.4, 0.5) is 0 Å². The van der Waals surface area contributed by atoms with E-state index in [0.29, 0.717) is 10.6 Å². The van der Waals surface area contributed by atoms with Gasteiger partial charge in [-0.3, -0.25) is 4.79 Å². The highest BCUT2D eigenvalue weighted by molar-refractivity contribution is 8.00. The summed E-state index contributed by atoms with van der Waals surface area (Å²) in [7, 11) is 0. The minimum absolute atomic E-state index is 0.0589. The Morgan fingerprint density at radius 1 is 1.11 bits per heavy atom. The van der Waals surface area contributed by atoms with Crippen LogP contribution < -0.4 is 0 Å². The molecule has 0 bridgehead atoms. The van der Waals surface area contributed by atoms with Crippen molar-refractivity contribution in [2.45, 2.75) is 25.3 Å². The normalized spacial score (nSPS) is 11.6. The number of nitrogens with zero attached hydrogens (tertiary/aromatic N) is 2. The number of nitriles is 1. The number of pyridine rings is 1. The highest BCUT2D eigenvalue weighted by Crippen LogP contribution is 2.37. The minimum Gasteiger partial charge on any atom is -0.293 e. The number of carbonyl (C=O) groups excluding carboxylic acids is 1. The third kappa shape index (κ3) is 3.27. The second-order valence-electron chi connectivity index (χ2n) is 6.79. The van der Waals surface area contributed by atoms with Crippen molar-refractivity contribution in [3.63, 3.8) is 0 Å². The Bertz CT molecular complexity index is 1110. The summed E-state index contributed by atoms with van der Waals surface area (Å²) < 4.78 is 0. The van der Waals surface area contributed by atoms with Gasteiger partial charge in [0.1, 0.15) is 11.1 Å². The molecule has 132 valence electrons. The van der Waals surface area contributed by atoms with Crippen LogP contribution in [0.15, 0.2) is 53.6 Å². The van der Waals surface area contributed by atoms with E-state index in [-0.39, 0.29) is 11.5 Å². The van der Waals surface area contributed by atoms with Gasteiger partial charge in [-0.15, -0.1) is 0 Å². The van der Waals surface area contributed by atoms with E-state index in [9.17, 15) is 10.1 Å². The second-order valence-corrected chi connectivity index (χ2v) is 7.75. The molecule has 4 heteroatoms. The fraction of sp³-hybridized carbons (Fsp3) is 0.174. The molecule has 27 heavy (non-hydrogen) atoms. The van der Waals surface area contributed by atoms with Crippen molar-refractivity contribution in [1.29, 1.82) is 5.26 Å². The number of hydrogen-bond donors (Lipinski definition) is 0.